The second-order valence-corrected chi connectivity index (χ2v) is 4.93. The van der Waals surface area contributed by atoms with Crippen LogP contribution in [0.2, 0.25) is 0 Å². The molecule has 2 aliphatic rings. The van der Waals surface area contributed by atoms with Gasteiger partial charge >= 0.3 is 0 Å². The summed E-state index contributed by atoms with van der Waals surface area (Å²) >= 11 is 0. The van der Waals surface area contributed by atoms with Gasteiger partial charge in [-0.05, 0) is 19.4 Å². The Labute approximate surface area is 105 Å². The van der Waals surface area contributed by atoms with Gasteiger partial charge in [0.15, 0.2) is 0 Å². The van der Waals surface area contributed by atoms with Gasteiger partial charge in [0, 0.05) is 23.9 Å². The summed E-state index contributed by atoms with van der Waals surface area (Å²) in [6, 6.07) is 7.84. The highest BCUT2D eigenvalue weighted by molar-refractivity contribution is 5.83. The van der Waals surface area contributed by atoms with E-state index in [1.165, 1.54) is 0 Å². The molecule has 0 saturated carbocycles. The fraction of sp³-hybridized carbons (Fsp3) is 0.429. The largest absolute Gasteiger partial charge is 0.389 e. The Balaban J connectivity index is 2.21. The van der Waals surface area contributed by atoms with Crippen LogP contribution >= 0.6 is 0 Å². The monoisotopic (exact) mass is 244 g/mol. The van der Waals surface area contributed by atoms with Crippen LogP contribution in [-0.4, -0.2) is 34.6 Å². The summed E-state index contributed by atoms with van der Waals surface area (Å²) in [7, 11) is 0. The number of para-hydroxylation sites is 1. The van der Waals surface area contributed by atoms with E-state index in [-0.39, 0.29) is 11.9 Å². The highest BCUT2D eigenvalue weighted by Gasteiger charge is 2.35. The molecule has 0 aliphatic carbocycles. The average Bonchev–Trinajstić information content (AvgIpc) is 2.71. The van der Waals surface area contributed by atoms with E-state index in [0.29, 0.717) is 12.8 Å². The van der Waals surface area contributed by atoms with Crippen molar-refractivity contribution < 1.29 is 9.90 Å². The smallest absolute Gasteiger partial charge is 0.147 e. The number of hydrogen-bond acceptors (Lipinski definition) is 4. The molecule has 4 nitrogen and oxygen atoms in total. The van der Waals surface area contributed by atoms with Crippen LogP contribution < -0.4 is 10.6 Å². The maximum Gasteiger partial charge on any atom is 0.147 e. The quantitative estimate of drug-likeness (QED) is 0.784. The number of nitrogens with zero attached hydrogens (tertiary/aromatic N) is 2. The molecule has 2 aliphatic heterocycles. The number of carbonyl (C=O) groups excluding carboxylic acids is 1. The minimum Gasteiger partial charge on any atom is -0.389 e. The van der Waals surface area contributed by atoms with Crippen molar-refractivity contribution in [3.05, 3.63) is 34.8 Å². The van der Waals surface area contributed by atoms with E-state index in [1.54, 1.807) is 6.92 Å². The van der Waals surface area contributed by atoms with Crippen molar-refractivity contribution in [3.8, 4) is 0 Å². The maximum atomic E-state index is 11.5. The van der Waals surface area contributed by atoms with Crippen molar-refractivity contribution in [2.75, 3.05) is 6.54 Å². The molecule has 0 aromatic heterocycles. The van der Waals surface area contributed by atoms with Crippen LogP contribution in [0, 0.1) is 0 Å². The van der Waals surface area contributed by atoms with E-state index < -0.39 is 6.10 Å². The lowest BCUT2D eigenvalue weighted by atomic mass is 10.1. The molecule has 0 amide bonds. The molecule has 0 unspecified atom stereocenters. The highest BCUT2D eigenvalue weighted by atomic mass is 16.3. The van der Waals surface area contributed by atoms with Gasteiger partial charge in [-0.2, -0.15) is 0 Å². The van der Waals surface area contributed by atoms with Crippen molar-refractivity contribution in [2.24, 2.45) is 4.99 Å². The number of aliphatic hydroxyl groups is 1. The molecule has 1 fully saturated rings. The topological polar surface area (TPSA) is 52.9 Å². The van der Waals surface area contributed by atoms with Crippen LogP contribution in [0.1, 0.15) is 19.8 Å². The Hall–Kier alpha value is -1.68. The van der Waals surface area contributed by atoms with Crippen LogP contribution in [0.5, 0.6) is 0 Å². The van der Waals surface area contributed by atoms with Crippen LogP contribution in [0.25, 0.3) is 5.70 Å². The first-order chi connectivity index (χ1) is 8.66. The molecule has 0 bridgehead atoms. The van der Waals surface area contributed by atoms with Crippen LogP contribution in [-0.2, 0) is 4.79 Å². The Morgan fingerprint density at radius 3 is 3.06 bits per heavy atom. The molecule has 2 atom stereocenters. The molecule has 0 spiro atoms. The number of Topliss-reactive ketones (excluding diaryl/α,β-unsaturated/α-hetero) is 1. The third-order valence-corrected chi connectivity index (χ3v) is 3.58. The normalized spacial score (nSPS) is 25.4. The third-order valence-electron chi connectivity index (χ3n) is 3.58. The van der Waals surface area contributed by atoms with Crippen molar-refractivity contribution in [2.45, 2.75) is 32.0 Å². The zero-order valence-corrected chi connectivity index (χ0v) is 10.3. The predicted molar refractivity (Wildman–Crippen MR) is 67.0 cm³/mol. The molecular formula is C14H16N2O2. The van der Waals surface area contributed by atoms with E-state index in [2.05, 4.69) is 9.89 Å². The van der Waals surface area contributed by atoms with Crippen molar-refractivity contribution in [3.63, 3.8) is 0 Å². The van der Waals surface area contributed by atoms with Gasteiger partial charge in [-0.1, -0.05) is 18.2 Å². The zero-order chi connectivity index (χ0) is 12.7. The molecular weight excluding hydrogens is 228 g/mol. The van der Waals surface area contributed by atoms with Gasteiger partial charge in [-0.3, -0.25) is 9.79 Å². The molecule has 4 heteroatoms. The fourth-order valence-electron chi connectivity index (χ4n) is 2.77. The Morgan fingerprint density at radius 2 is 2.28 bits per heavy atom. The van der Waals surface area contributed by atoms with Crippen molar-refractivity contribution in [1.82, 2.24) is 4.90 Å². The lowest BCUT2D eigenvalue weighted by Crippen LogP contribution is -2.46. The number of hydrogen-bond donors (Lipinski definition) is 1. The Kier molecular flexibility index (Phi) is 2.67. The predicted octanol–water partition coefficient (Wildman–Crippen LogP) is -0.200. The Morgan fingerprint density at radius 1 is 1.50 bits per heavy atom. The molecule has 1 saturated heterocycles. The minimum atomic E-state index is -0.430. The van der Waals surface area contributed by atoms with E-state index in [1.807, 2.05) is 24.3 Å². The van der Waals surface area contributed by atoms with E-state index >= 15 is 0 Å². The number of carbonyl (C=O) groups is 1. The number of benzene rings is 1. The molecule has 94 valence electrons. The van der Waals surface area contributed by atoms with Crippen molar-refractivity contribution in [1.29, 1.82) is 0 Å². The lowest BCUT2D eigenvalue weighted by Gasteiger charge is -2.30. The fourth-order valence-corrected chi connectivity index (χ4v) is 2.77. The second kappa shape index (κ2) is 4.21. The van der Waals surface area contributed by atoms with Crippen LogP contribution in [0.15, 0.2) is 29.3 Å². The highest BCUT2D eigenvalue weighted by Crippen LogP contribution is 2.26. The summed E-state index contributed by atoms with van der Waals surface area (Å²) in [6.45, 7) is 2.37. The average molecular weight is 244 g/mol. The minimum absolute atomic E-state index is 0.141. The first-order valence-corrected chi connectivity index (χ1v) is 6.27. The van der Waals surface area contributed by atoms with Crippen LogP contribution in [0.4, 0.5) is 0 Å². The number of ketones is 1. The SMILES string of the molecule is CC(=O)CC1=c2ccccc2=N[C@@H]2[C@H](O)CCN12. The summed E-state index contributed by atoms with van der Waals surface area (Å²) in [4.78, 5) is 18.1. The van der Waals surface area contributed by atoms with Gasteiger partial charge in [0.1, 0.15) is 11.9 Å². The zero-order valence-electron chi connectivity index (χ0n) is 10.3. The summed E-state index contributed by atoms with van der Waals surface area (Å²) in [6.07, 6.45) is 0.480. The lowest BCUT2D eigenvalue weighted by molar-refractivity contribution is -0.116. The summed E-state index contributed by atoms with van der Waals surface area (Å²) < 4.78 is 0. The standard InChI is InChI=1S/C14H16N2O2/c1-9(17)8-12-10-4-2-3-5-11(10)15-14-13(18)6-7-16(12)14/h2-5,13-14,18H,6-8H2,1H3/t13-,14+/m1/s1. The first-order valence-electron chi connectivity index (χ1n) is 6.27. The molecule has 18 heavy (non-hydrogen) atoms. The first kappa shape index (κ1) is 11.4. The summed E-state index contributed by atoms with van der Waals surface area (Å²) in [5.74, 6) is 0.141. The summed E-state index contributed by atoms with van der Waals surface area (Å²) in [5, 5.41) is 11.9. The number of aliphatic hydroxyl groups excluding tert-OH is 1. The number of rotatable bonds is 2. The summed E-state index contributed by atoms with van der Waals surface area (Å²) in [5.41, 5.74) is 1.01. The maximum absolute atomic E-state index is 11.5. The molecule has 1 aromatic rings. The van der Waals surface area contributed by atoms with Gasteiger partial charge in [-0.15, -0.1) is 0 Å². The van der Waals surface area contributed by atoms with Crippen LogP contribution in [0.3, 0.4) is 0 Å². The Bertz CT molecular complexity index is 608. The van der Waals surface area contributed by atoms with Gasteiger partial charge < -0.3 is 10.0 Å². The molecule has 1 N–H and O–H groups in total. The molecule has 0 radical (unpaired) electrons. The second-order valence-electron chi connectivity index (χ2n) is 4.93. The van der Waals surface area contributed by atoms with E-state index in [0.717, 1.165) is 22.8 Å². The van der Waals surface area contributed by atoms with Gasteiger partial charge in [0.25, 0.3) is 0 Å². The number of fused-ring (bicyclic) bond motifs is 2. The third kappa shape index (κ3) is 1.73. The molecule has 2 heterocycles. The van der Waals surface area contributed by atoms with Gasteiger partial charge in [-0.25, -0.2) is 0 Å². The molecule has 3 rings (SSSR count). The van der Waals surface area contributed by atoms with Gasteiger partial charge in [0.05, 0.1) is 11.5 Å². The molecule has 1 aromatic carbocycles. The van der Waals surface area contributed by atoms with Gasteiger partial charge in [0.2, 0.25) is 0 Å². The van der Waals surface area contributed by atoms with Crippen molar-refractivity contribution >= 4 is 11.5 Å². The van der Waals surface area contributed by atoms with E-state index in [4.69, 9.17) is 0 Å². The van der Waals surface area contributed by atoms with E-state index in [9.17, 15) is 9.90 Å².